The number of amides is 1. The quantitative estimate of drug-likeness (QED) is 0.152. The van der Waals surface area contributed by atoms with Gasteiger partial charge < -0.3 is 19.2 Å². The molecule has 266 valence electrons. The van der Waals surface area contributed by atoms with Gasteiger partial charge in [0.1, 0.15) is 11.8 Å². The zero-order valence-electron chi connectivity index (χ0n) is 29.8. The molecule has 6 aromatic rings. The highest BCUT2D eigenvalue weighted by Gasteiger charge is 2.50. The minimum Gasteiger partial charge on any atom is -0.453 e. The van der Waals surface area contributed by atoms with Gasteiger partial charge in [0.15, 0.2) is 17.0 Å². The van der Waals surface area contributed by atoms with Gasteiger partial charge >= 0.3 is 6.09 Å². The lowest BCUT2D eigenvalue weighted by atomic mass is 10.2. The van der Waals surface area contributed by atoms with Crippen molar-refractivity contribution in [2.24, 2.45) is 0 Å². The van der Waals surface area contributed by atoms with Crippen molar-refractivity contribution in [1.29, 1.82) is 0 Å². The van der Waals surface area contributed by atoms with Crippen LogP contribution < -0.4 is 20.6 Å². The van der Waals surface area contributed by atoms with Gasteiger partial charge in [-0.15, -0.1) is 0 Å². The fourth-order valence-electron chi connectivity index (χ4n) is 6.62. The lowest BCUT2D eigenvalue weighted by Crippen LogP contribution is -2.67. The summed E-state index contributed by atoms with van der Waals surface area (Å²) in [5.74, 6) is 0.707. The first-order chi connectivity index (χ1) is 24.7. The Morgan fingerprint density at radius 1 is 0.980 bits per heavy atom. The molecule has 6 rings (SSSR count). The van der Waals surface area contributed by atoms with Gasteiger partial charge in [0.2, 0.25) is 5.95 Å². The van der Waals surface area contributed by atoms with E-state index in [4.69, 9.17) is 19.2 Å². The average molecular weight is 708 g/mol. The van der Waals surface area contributed by atoms with Gasteiger partial charge in [0.25, 0.3) is 8.32 Å². The van der Waals surface area contributed by atoms with Crippen LogP contribution in [0.15, 0.2) is 85.3 Å². The molecule has 13 nitrogen and oxygen atoms in total. The SMILES string of the molecule is CCCCN(CCO[Si](c1ccccc1)(c1ccccc1)C(C)(C)C)c1nc(NC(=O)OC)nc2cn(Cc3ccc(CO)n4ncnc34)nc12. The normalized spacial score (nSPS) is 12.0. The Bertz CT molecular complexity index is 2040. The number of nitrogens with one attached hydrogen (secondary N) is 1. The molecular weight excluding hydrogens is 663 g/mol. The Kier molecular flexibility index (Phi) is 10.7. The number of fused-ring (bicyclic) bond motifs is 2. The van der Waals surface area contributed by atoms with Crippen molar-refractivity contribution in [3.05, 3.63) is 96.6 Å². The van der Waals surface area contributed by atoms with Gasteiger partial charge in [0, 0.05) is 18.7 Å². The minimum absolute atomic E-state index is 0.116. The van der Waals surface area contributed by atoms with E-state index in [0.29, 0.717) is 54.4 Å². The first-order valence-electron chi connectivity index (χ1n) is 17.2. The molecule has 14 heteroatoms. The van der Waals surface area contributed by atoms with Gasteiger partial charge in [-0.3, -0.25) is 10.00 Å². The first-order valence-corrected chi connectivity index (χ1v) is 19.1. The second-order valence-electron chi connectivity index (χ2n) is 13.4. The number of anilines is 2. The van der Waals surface area contributed by atoms with Crippen molar-refractivity contribution in [3.8, 4) is 0 Å². The van der Waals surface area contributed by atoms with E-state index in [0.717, 1.165) is 18.4 Å². The number of nitrogens with zero attached hydrogens (tertiary/aromatic N) is 8. The highest BCUT2D eigenvalue weighted by molar-refractivity contribution is 6.99. The number of carbonyl (C=O) groups excluding carboxylic acids is 1. The third-order valence-corrected chi connectivity index (χ3v) is 14.1. The number of benzene rings is 2. The Balaban J connectivity index is 1.38. The number of ether oxygens (including phenoxy) is 1. The molecule has 0 aliphatic rings. The van der Waals surface area contributed by atoms with Crippen LogP contribution in [-0.4, -0.2) is 80.7 Å². The molecule has 0 unspecified atom stereocenters. The third-order valence-electron chi connectivity index (χ3n) is 9.05. The predicted octanol–water partition coefficient (Wildman–Crippen LogP) is 4.77. The van der Waals surface area contributed by atoms with Gasteiger partial charge in [0.05, 0.1) is 38.8 Å². The molecule has 0 atom stereocenters. The summed E-state index contributed by atoms with van der Waals surface area (Å²) >= 11 is 0. The molecule has 0 radical (unpaired) electrons. The van der Waals surface area contributed by atoms with Gasteiger partial charge in [-0.25, -0.2) is 19.3 Å². The topological polar surface area (TPSA) is 145 Å². The van der Waals surface area contributed by atoms with E-state index in [1.807, 2.05) is 30.5 Å². The zero-order valence-corrected chi connectivity index (χ0v) is 30.8. The van der Waals surface area contributed by atoms with Crippen molar-refractivity contribution in [2.75, 3.05) is 37.0 Å². The maximum Gasteiger partial charge on any atom is 0.413 e. The van der Waals surface area contributed by atoms with Gasteiger partial charge in [-0.1, -0.05) is 101 Å². The van der Waals surface area contributed by atoms with Crippen LogP contribution in [0.1, 0.15) is 51.8 Å². The van der Waals surface area contributed by atoms with Crippen LogP contribution in [0.5, 0.6) is 0 Å². The van der Waals surface area contributed by atoms with Crippen LogP contribution in [0.3, 0.4) is 0 Å². The molecule has 0 fully saturated rings. The Morgan fingerprint density at radius 3 is 2.31 bits per heavy atom. The highest BCUT2D eigenvalue weighted by Crippen LogP contribution is 2.37. The summed E-state index contributed by atoms with van der Waals surface area (Å²) in [7, 11) is -1.48. The van der Waals surface area contributed by atoms with Gasteiger partial charge in [-0.05, 0) is 27.9 Å². The molecule has 4 heterocycles. The van der Waals surface area contributed by atoms with E-state index in [9.17, 15) is 9.90 Å². The summed E-state index contributed by atoms with van der Waals surface area (Å²) in [4.78, 5) is 28.4. The molecule has 0 aliphatic carbocycles. The molecule has 51 heavy (non-hydrogen) atoms. The molecule has 4 aromatic heterocycles. The maximum absolute atomic E-state index is 12.3. The van der Waals surface area contributed by atoms with E-state index in [1.54, 1.807) is 9.20 Å². The number of rotatable bonds is 14. The van der Waals surface area contributed by atoms with Crippen LogP contribution in [0.25, 0.3) is 16.7 Å². The average Bonchev–Trinajstić information content (AvgIpc) is 3.79. The van der Waals surface area contributed by atoms with Crippen LogP contribution in [0.4, 0.5) is 16.6 Å². The van der Waals surface area contributed by atoms with Gasteiger partial charge in [-0.2, -0.15) is 15.2 Å². The predicted molar refractivity (Wildman–Crippen MR) is 200 cm³/mol. The number of methoxy groups -OCH3 is 1. The summed E-state index contributed by atoms with van der Waals surface area (Å²) in [5, 5.41) is 23.9. The fraction of sp³-hybridized carbons (Fsp3) is 0.351. The third kappa shape index (κ3) is 7.34. The lowest BCUT2D eigenvalue weighted by Gasteiger charge is -2.43. The molecule has 1 amide bonds. The smallest absolute Gasteiger partial charge is 0.413 e. The van der Waals surface area contributed by atoms with Crippen LogP contribution in [0, 0.1) is 0 Å². The van der Waals surface area contributed by atoms with Crippen LogP contribution in [-0.2, 0) is 22.3 Å². The number of unbranched alkanes of at least 4 members (excludes halogenated alkanes) is 1. The number of aromatic nitrogens is 7. The van der Waals surface area contributed by atoms with Crippen molar-refractivity contribution in [3.63, 3.8) is 0 Å². The molecule has 0 bridgehead atoms. The lowest BCUT2D eigenvalue weighted by molar-refractivity contribution is 0.186. The van der Waals surface area contributed by atoms with Crippen molar-refractivity contribution in [1.82, 2.24) is 34.3 Å². The Labute approximate surface area is 298 Å². The summed E-state index contributed by atoms with van der Waals surface area (Å²) in [6, 6.07) is 24.9. The molecule has 2 aromatic carbocycles. The highest BCUT2D eigenvalue weighted by atomic mass is 28.4. The monoisotopic (exact) mass is 707 g/mol. The van der Waals surface area contributed by atoms with Crippen molar-refractivity contribution >= 4 is 53.2 Å². The fourth-order valence-corrected chi connectivity index (χ4v) is 11.2. The second kappa shape index (κ2) is 15.4. The van der Waals surface area contributed by atoms with Crippen LogP contribution >= 0.6 is 0 Å². The standard InChI is InChI=1S/C37H45N9O4Si/c1-6-7-20-44(21-22-50-51(37(2,3)4,29-14-10-8-11-15-29)30-16-12-9-13-17-30)34-32-31(40-35(41-34)42-36(48)49-5)24-45(43-32)23-27-18-19-28(25-47)46-33(27)38-26-39-46/h8-19,24,26,47H,6-7,20-23,25H2,1-5H3,(H,40,42,48). The van der Waals surface area contributed by atoms with E-state index in [-0.39, 0.29) is 17.6 Å². The van der Waals surface area contributed by atoms with Crippen molar-refractivity contribution in [2.45, 2.75) is 58.7 Å². The van der Waals surface area contributed by atoms with Crippen LogP contribution in [0.2, 0.25) is 5.04 Å². The first kappa shape index (κ1) is 35.6. The summed E-state index contributed by atoms with van der Waals surface area (Å²) in [5.41, 5.74) is 3.28. The number of hydrogen-bond acceptors (Lipinski definition) is 10. The molecule has 0 saturated carbocycles. The molecule has 0 spiro atoms. The largest absolute Gasteiger partial charge is 0.453 e. The van der Waals surface area contributed by atoms with E-state index in [1.165, 1.54) is 23.8 Å². The number of pyridine rings is 1. The molecule has 0 saturated heterocycles. The van der Waals surface area contributed by atoms with E-state index < -0.39 is 14.4 Å². The number of carbonyl (C=O) groups is 1. The number of aliphatic hydroxyl groups is 1. The van der Waals surface area contributed by atoms with E-state index >= 15 is 0 Å². The maximum atomic E-state index is 12.3. The summed E-state index contributed by atoms with van der Waals surface area (Å²) in [6.07, 6.45) is 4.51. The molecule has 2 N–H and O–H groups in total. The Hall–Kier alpha value is -5.18. The summed E-state index contributed by atoms with van der Waals surface area (Å²) < 4.78 is 15.5. The number of aliphatic hydroxyl groups excluding tert-OH is 1. The molecule has 0 aliphatic heterocycles. The summed E-state index contributed by atoms with van der Waals surface area (Å²) in [6.45, 7) is 10.8. The second-order valence-corrected chi connectivity index (χ2v) is 17.7. The zero-order chi connectivity index (χ0) is 36.0. The minimum atomic E-state index is -2.78. The number of hydrogen-bond donors (Lipinski definition) is 2. The van der Waals surface area contributed by atoms with E-state index in [2.05, 4.69) is 102 Å². The molecular formula is C37H45N9O4Si. The van der Waals surface area contributed by atoms with Crippen molar-refractivity contribution < 1.29 is 19.1 Å². The Morgan fingerprint density at radius 2 is 1.69 bits per heavy atom.